The minimum atomic E-state index is 0.506. The zero-order valence-electron chi connectivity index (χ0n) is 21.3. The number of hydrogen-bond acceptors (Lipinski definition) is 2. The highest BCUT2D eigenvalue weighted by atomic mass is 15.1. The van der Waals surface area contributed by atoms with Crippen LogP contribution in [0.15, 0.2) is 121 Å². The van der Waals surface area contributed by atoms with Gasteiger partial charge in [-0.3, -0.25) is 0 Å². The second-order valence-electron chi connectivity index (χ2n) is 9.98. The molecule has 0 aliphatic rings. The summed E-state index contributed by atoms with van der Waals surface area (Å²) < 4.78 is 4.33. The fourth-order valence-corrected chi connectivity index (χ4v) is 6.36. The summed E-state index contributed by atoms with van der Waals surface area (Å²) in [5.41, 5.74) is 6.38. The summed E-state index contributed by atoms with van der Waals surface area (Å²) in [7, 11) is 0. The number of nitrogens with zero attached hydrogens (tertiary/aromatic N) is 4. The highest BCUT2D eigenvalue weighted by molar-refractivity contribution is 6.21. The molecule has 2 heterocycles. The molecule has 8 aromatic rings. The lowest BCUT2D eigenvalue weighted by molar-refractivity contribution is 1.08. The maximum Gasteiger partial charge on any atom is 0.101 e. The van der Waals surface area contributed by atoms with Crippen LogP contribution in [0.3, 0.4) is 0 Å². The van der Waals surface area contributed by atoms with Crippen molar-refractivity contribution in [3.63, 3.8) is 0 Å². The minimum Gasteiger partial charge on any atom is -0.306 e. The van der Waals surface area contributed by atoms with E-state index in [1.54, 1.807) is 12.1 Å². The fourth-order valence-electron chi connectivity index (χ4n) is 6.36. The van der Waals surface area contributed by atoms with Gasteiger partial charge in [-0.25, -0.2) is 0 Å². The molecule has 8 rings (SSSR count). The topological polar surface area (TPSA) is 57.4 Å². The van der Waals surface area contributed by atoms with E-state index in [0.29, 0.717) is 22.5 Å². The summed E-state index contributed by atoms with van der Waals surface area (Å²) in [6, 6.07) is 45.9. The van der Waals surface area contributed by atoms with Gasteiger partial charge in [-0.15, -0.1) is 0 Å². The Bertz CT molecular complexity index is 2350. The second kappa shape index (κ2) is 8.33. The van der Waals surface area contributed by atoms with Crippen molar-refractivity contribution >= 4 is 54.4 Å². The number of aromatic nitrogens is 2. The Morgan fingerprint density at radius 2 is 0.850 bits per heavy atom. The predicted molar refractivity (Wildman–Crippen MR) is 162 cm³/mol. The van der Waals surface area contributed by atoms with Crippen LogP contribution < -0.4 is 0 Å². The molecule has 0 atom stereocenters. The minimum absolute atomic E-state index is 0.506. The molecule has 0 radical (unpaired) electrons. The number of benzene rings is 6. The fraction of sp³-hybridized carbons (Fsp3) is 0. The van der Waals surface area contributed by atoms with E-state index in [-0.39, 0.29) is 0 Å². The average Bonchev–Trinajstić information content (AvgIpc) is 3.53. The third-order valence-electron chi connectivity index (χ3n) is 7.98. The molecule has 0 unspecified atom stereocenters. The van der Waals surface area contributed by atoms with Crippen LogP contribution in [-0.4, -0.2) is 9.13 Å². The van der Waals surface area contributed by atoms with E-state index in [9.17, 15) is 10.5 Å². The molecule has 0 saturated carbocycles. The predicted octanol–water partition coefficient (Wildman–Crippen LogP) is 8.78. The van der Waals surface area contributed by atoms with Gasteiger partial charge >= 0.3 is 0 Å². The van der Waals surface area contributed by atoms with Gasteiger partial charge < -0.3 is 9.13 Å². The molecule has 4 nitrogen and oxygen atoms in total. The number of para-hydroxylation sites is 3. The lowest BCUT2D eigenvalue weighted by atomic mass is 10.0. The Hall–Kier alpha value is -5.84. The van der Waals surface area contributed by atoms with Crippen LogP contribution in [0.25, 0.3) is 65.8 Å². The van der Waals surface area contributed by atoms with E-state index in [1.807, 2.05) is 30.3 Å². The molecule has 4 heteroatoms. The first-order valence-electron chi connectivity index (χ1n) is 13.2. The first-order chi connectivity index (χ1) is 19.8. The Labute approximate surface area is 229 Å². The molecule has 0 aliphatic carbocycles. The van der Waals surface area contributed by atoms with Crippen molar-refractivity contribution in [2.45, 2.75) is 0 Å². The molecule has 40 heavy (non-hydrogen) atoms. The third kappa shape index (κ3) is 2.88. The standard InChI is InChI=1S/C36H20N4/c37-21-24-17-18-25(22-38)36(35(24)39-30-14-6-3-11-27(30)28-12-4-7-15-31(28)39)40-32-16-8-5-13-29(32)34-26-10-2-1-9-23(26)19-20-33(34)40/h1-20H. The largest absolute Gasteiger partial charge is 0.306 e. The van der Waals surface area contributed by atoms with Gasteiger partial charge in [0.05, 0.1) is 44.6 Å². The van der Waals surface area contributed by atoms with Crippen molar-refractivity contribution < 1.29 is 0 Å². The van der Waals surface area contributed by atoms with Crippen LogP contribution in [0.5, 0.6) is 0 Å². The molecule has 6 aromatic carbocycles. The van der Waals surface area contributed by atoms with Gasteiger partial charge in [0.25, 0.3) is 0 Å². The van der Waals surface area contributed by atoms with Gasteiger partial charge in [0.1, 0.15) is 12.1 Å². The summed E-state index contributed by atoms with van der Waals surface area (Å²) >= 11 is 0. The van der Waals surface area contributed by atoms with Gasteiger partial charge in [0, 0.05) is 21.5 Å². The Morgan fingerprint density at radius 1 is 0.400 bits per heavy atom. The summed E-state index contributed by atoms with van der Waals surface area (Å²) in [4.78, 5) is 0. The molecule has 184 valence electrons. The van der Waals surface area contributed by atoms with E-state index in [1.165, 1.54) is 0 Å². The molecule has 0 spiro atoms. The molecule has 0 aliphatic heterocycles. The molecular weight excluding hydrogens is 488 g/mol. The van der Waals surface area contributed by atoms with Gasteiger partial charge in [-0.05, 0) is 47.2 Å². The molecule has 0 fully saturated rings. The van der Waals surface area contributed by atoms with Crippen molar-refractivity contribution in [3.05, 3.63) is 132 Å². The maximum absolute atomic E-state index is 10.5. The Kier molecular flexibility index (Phi) is 4.62. The van der Waals surface area contributed by atoms with Crippen molar-refractivity contribution in [1.82, 2.24) is 9.13 Å². The van der Waals surface area contributed by atoms with Crippen molar-refractivity contribution in [2.75, 3.05) is 0 Å². The SMILES string of the molecule is N#Cc1ccc(C#N)c(-n2c3ccccc3c3c4ccccc4ccc32)c1-n1c2ccccc2c2ccccc21. The molecule has 0 saturated heterocycles. The summed E-state index contributed by atoms with van der Waals surface area (Å²) in [5.74, 6) is 0. The second-order valence-corrected chi connectivity index (χ2v) is 9.98. The summed E-state index contributed by atoms with van der Waals surface area (Å²) in [6.45, 7) is 0. The smallest absolute Gasteiger partial charge is 0.101 e. The van der Waals surface area contributed by atoms with Crippen LogP contribution >= 0.6 is 0 Å². The van der Waals surface area contributed by atoms with Crippen LogP contribution in [0.1, 0.15) is 11.1 Å². The summed E-state index contributed by atoms with van der Waals surface area (Å²) in [6.07, 6.45) is 0. The van der Waals surface area contributed by atoms with Gasteiger partial charge in [-0.1, -0.05) is 84.9 Å². The van der Waals surface area contributed by atoms with E-state index < -0.39 is 0 Å². The van der Waals surface area contributed by atoms with Gasteiger partial charge in [0.2, 0.25) is 0 Å². The third-order valence-corrected chi connectivity index (χ3v) is 7.98. The van der Waals surface area contributed by atoms with Crippen LogP contribution in [0, 0.1) is 22.7 Å². The normalized spacial score (nSPS) is 11.4. The number of rotatable bonds is 2. The molecule has 0 N–H and O–H groups in total. The highest BCUT2D eigenvalue weighted by Gasteiger charge is 2.24. The van der Waals surface area contributed by atoms with Crippen molar-refractivity contribution in [1.29, 1.82) is 10.5 Å². The monoisotopic (exact) mass is 508 g/mol. The lowest BCUT2D eigenvalue weighted by Crippen LogP contribution is -2.08. The van der Waals surface area contributed by atoms with E-state index in [2.05, 4.69) is 100 Å². The Balaban J connectivity index is 1.64. The van der Waals surface area contributed by atoms with Crippen LogP contribution in [0.2, 0.25) is 0 Å². The van der Waals surface area contributed by atoms with Gasteiger partial charge in [0.15, 0.2) is 0 Å². The number of hydrogen-bond donors (Lipinski definition) is 0. The van der Waals surface area contributed by atoms with E-state index in [0.717, 1.165) is 54.4 Å². The number of fused-ring (bicyclic) bond motifs is 8. The van der Waals surface area contributed by atoms with Gasteiger partial charge in [-0.2, -0.15) is 10.5 Å². The average molecular weight is 509 g/mol. The van der Waals surface area contributed by atoms with Crippen molar-refractivity contribution in [3.8, 4) is 23.5 Å². The molecule has 2 aromatic heterocycles. The zero-order valence-corrected chi connectivity index (χ0v) is 21.3. The van der Waals surface area contributed by atoms with Crippen LogP contribution in [0.4, 0.5) is 0 Å². The summed E-state index contributed by atoms with van der Waals surface area (Å²) in [5, 5.41) is 27.7. The quantitative estimate of drug-likeness (QED) is 0.234. The zero-order chi connectivity index (χ0) is 26.8. The van der Waals surface area contributed by atoms with Crippen molar-refractivity contribution in [2.24, 2.45) is 0 Å². The lowest BCUT2D eigenvalue weighted by Gasteiger charge is -2.19. The molecule has 0 amide bonds. The maximum atomic E-state index is 10.5. The number of nitriles is 2. The first-order valence-corrected chi connectivity index (χ1v) is 13.2. The van der Waals surface area contributed by atoms with E-state index in [4.69, 9.17) is 0 Å². The van der Waals surface area contributed by atoms with E-state index >= 15 is 0 Å². The molecular formula is C36H20N4. The highest BCUT2D eigenvalue weighted by Crippen LogP contribution is 2.42. The van der Waals surface area contributed by atoms with Crippen LogP contribution in [-0.2, 0) is 0 Å². The Morgan fingerprint density at radius 3 is 1.43 bits per heavy atom. The molecule has 0 bridgehead atoms. The first kappa shape index (κ1) is 22.2.